The van der Waals surface area contributed by atoms with Crippen molar-refractivity contribution in [2.75, 3.05) is 13.2 Å². The predicted octanol–water partition coefficient (Wildman–Crippen LogP) is 3.30. The van der Waals surface area contributed by atoms with Crippen LogP contribution in [0, 0.1) is 0 Å². The molecule has 2 aromatic rings. The number of benzene rings is 2. The third-order valence-corrected chi connectivity index (χ3v) is 6.97. The summed E-state index contributed by atoms with van der Waals surface area (Å²) in [6.45, 7) is 0.917. The van der Waals surface area contributed by atoms with E-state index in [4.69, 9.17) is 4.74 Å². The minimum Gasteiger partial charge on any atom is -0.375 e. The SMILES string of the molecule is O=S(=O)(c1ccccc1-c1ccccc1)N1CCO[C@@H]2CCC[C@@H]21. The van der Waals surface area contributed by atoms with Crippen LogP contribution in [-0.4, -0.2) is 38.0 Å². The average Bonchev–Trinajstić information content (AvgIpc) is 3.11. The van der Waals surface area contributed by atoms with Crippen molar-refractivity contribution in [3.63, 3.8) is 0 Å². The number of hydrogen-bond donors (Lipinski definition) is 0. The van der Waals surface area contributed by atoms with E-state index in [0.29, 0.717) is 18.0 Å². The number of rotatable bonds is 3. The molecule has 0 N–H and O–H groups in total. The van der Waals surface area contributed by atoms with E-state index in [1.54, 1.807) is 16.4 Å². The molecule has 0 aromatic heterocycles. The van der Waals surface area contributed by atoms with Gasteiger partial charge in [-0.1, -0.05) is 48.5 Å². The van der Waals surface area contributed by atoms with E-state index in [0.717, 1.165) is 30.4 Å². The Kier molecular flexibility index (Phi) is 4.16. The van der Waals surface area contributed by atoms with E-state index in [2.05, 4.69) is 0 Å². The van der Waals surface area contributed by atoms with Gasteiger partial charge >= 0.3 is 0 Å². The van der Waals surface area contributed by atoms with Crippen LogP contribution >= 0.6 is 0 Å². The summed E-state index contributed by atoms with van der Waals surface area (Å²) in [5.41, 5.74) is 1.69. The number of morpholine rings is 1. The largest absolute Gasteiger partial charge is 0.375 e. The molecule has 0 amide bonds. The molecule has 126 valence electrons. The quantitative estimate of drug-likeness (QED) is 0.859. The number of fused-ring (bicyclic) bond motifs is 1. The zero-order valence-electron chi connectivity index (χ0n) is 13.5. The molecule has 1 heterocycles. The van der Waals surface area contributed by atoms with Gasteiger partial charge in [0, 0.05) is 12.1 Å². The van der Waals surface area contributed by atoms with E-state index in [9.17, 15) is 8.42 Å². The van der Waals surface area contributed by atoms with E-state index >= 15 is 0 Å². The lowest BCUT2D eigenvalue weighted by molar-refractivity contribution is -0.0241. The Morgan fingerprint density at radius 2 is 1.71 bits per heavy atom. The van der Waals surface area contributed by atoms with Gasteiger partial charge < -0.3 is 4.74 Å². The summed E-state index contributed by atoms with van der Waals surface area (Å²) in [5.74, 6) is 0. The topological polar surface area (TPSA) is 46.6 Å². The van der Waals surface area contributed by atoms with Gasteiger partial charge in [0.2, 0.25) is 10.0 Å². The highest BCUT2D eigenvalue weighted by Crippen LogP contribution is 2.36. The zero-order chi connectivity index (χ0) is 16.6. The van der Waals surface area contributed by atoms with Crippen LogP contribution in [-0.2, 0) is 14.8 Å². The van der Waals surface area contributed by atoms with Crippen LogP contribution in [0.4, 0.5) is 0 Å². The van der Waals surface area contributed by atoms with Gasteiger partial charge in [-0.2, -0.15) is 4.31 Å². The van der Waals surface area contributed by atoms with Crippen LogP contribution in [0.5, 0.6) is 0 Å². The number of nitrogens with zero attached hydrogens (tertiary/aromatic N) is 1. The fourth-order valence-electron chi connectivity index (χ4n) is 3.86. The minimum absolute atomic E-state index is 0.0208. The van der Waals surface area contributed by atoms with Crippen molar-refractivity contribution in [3.05, 3.63) is 54.6 Å². The average molecular weight is 343 g/mol. The van der Waals surface area contributed by atoms with Crippen molar-refractivity contribution in [1.29, 1.82) is 0 Å². The fraction of sp³-hybridized carbons (Fsp3) is 0.368. The maximum atomic E-state index is 13.4. The van der Waals surface area contributed by atoms with Crippen LogP contribution in [0.3, 0.4) is 0 Å². The lowest BCUT2D eigenvalue weighted by Crippen LogP contribution is -2.51. The maximum Gasteiger partial charge on any atom is 0.244 e. The van der Waals surface area contributed by atoms with Crippen molar-refractivity contribution >= 4 is 10.0 Å². The highest BCUT2D eigenvalue weighted by Gasteiger charge is 2.42. The molecule has 2 aromatic carbocycles. The lowest BCUT2D eigenvalue weighted by Gasteiger charge is -2.36. The minimum atomic E-state index is -3.54. The van der Waals surface area contributed by atoms with Gasteiger partial charge in [0.25, 0.3) is 0 Å². The first kappa shape index (κ1) is 15.8. The Labute approximate surface area is 143 Å². The highest BCUT2D eigenvalue weighted by atomic mass is 32.2. The first-order valence-corrected chi connectivity index (χ1v) is 9.90. The Morgan fingerprint density at radius 1 is 0.958 bits per heavy atom. The second-order valence-corrected chi connectivity index (χ2v) is 8.24. The summed E-state index contributed by atoms with van der Waals surface area (Å²) in [6, 6.07) is 17.0. The van der Waals surface area contributed by atoms with Gasteiger partial charge in [-0.15, -0.1) is 0 Å². The van der Waals surface area contributed by atoms with Crippen LogP contribution in [0.1, 0.15) is 19.3 Å². The van der Waals surface area contributed by atoms with Gasteiger partial charge in [-0.25, -0.2) is 8.42 Å². The molecule has 1 aliphatic heterocycles. The number of sulfonamides is 1. The van der Waals surface area contributed by atoms with Crippen LogP contribution in [0.2, 0.25) is 0 Å². The molecule has 4 nitrogen and oxygen atoms in total. The molecule has 0 spiro atoms. The monoisotopic (exact) mass is 343 g/mol. The molecule has 2 aliphatic rings. The Morgan fingerprint density at radius 3 is 2.54 bits per heavy atom. The molecule has 4 rings (SSSR count). The molecule has 2 atom stereocenters. The van der Waals surface area contributed by atoms with Crippen molar-refractivity contribution < 1.29 is 13.2 Å². The molecule has 0 radical (unpaired) electrons. The molecular weight excluding hydrogens is 322 g/mol. The smallest absolute Gasteiger partial charge is 0.244 e. The summed E-state index contributed by atoms with van der Waals surface area (Å²) in [5, 5.41) is 0. The van der Waals surface area contributed by atoms with Gasteiger partial charge in [-0.05, 0) is 30.9 Å². The van der Waals surface area contributed by atoms with Crippen LogP contribution in [0.25, 0.3) is 11.1 Å². The second-order valence-electron chi connectivity index (χ2n) is 6.39. The summed E-state index contributed by atoms with van der Waals surface area (Å²) < 4.78 is 34.2. The van der Waals surface area contributed by atoms with E-state index < -0.39 is 10.0 Å². The first-order chi connectivity index (χ1) is 11.7. The standard InChI is InChI=1S/C19H21NO3S/c21-24(22,20-13-14-23-18-11-6-10-17(18)20)19-12-5-4-9-16(19)15-7-2-1-3-8-15/h1-5,7-9,12,17-18H,6,10-11,13-14H2/t17-,18+/m0/s1. The maximum absolute atomic E-state index is 13.4. The number of hydrogen-bond acceptors (Lipinski definition) is 3. The van der Waals surface area contributed by atoms with Gasteiger partial charge in [0.15, 0.2) is 0 Å². The molecule has 1 saturated heterocycles. The molecule has 0 bridgehead atoms. The van der Waals surface area contributed by atoms with Gasteiger partial charge in [-0.3, -0.25) is 0 Å². The third kappa shape index (κ3) is 2.66. The lowest BCUT2D eigenvalue weighted by atomic mass is 10.1. The van der Waals surface area contributed by atoms with Crippen LogP contribution < -0.4 is 0 Å². The fourth-order valence-corrected chi connectivity index (χ4v) is 5.74. The van der Waals surface area contributed by atoms with Crippen molar-refractivity contribution in [3.8, 4) is 11.1 Å². The van der Waals surface area contributed by atoms with E-state index in [1.807, 2.05) is 42.5 Å². The van der Waals surface area contributed by atoms with E-state index in [-0.39, 0.29) is 12.1 Å². The summed E-state index contributed by atoms with van der Waals surface area (Å²) in [6.07, 6.45) is 2.92. The molecule has 5 heteroatoms. The Balaban J connectivity index is 1.78. The molecule has 1 aliphatic carbocycles. The predicted molar refractivity (Wildman–Crippen MR) is 93.1 cm³/mol. The van der Waals surface area contributed by atoms with Crippen molar-refractivity contribution in [2.24, 2.45) is 0 Å². The summed E-state index contributed by atoms with van der Waals surface area (Å²) in [7, 11) is -3.54. The number of ether oxygens (including phenoxy) is 1. The molecule has 24 heavy (non-hydrogen) atoms. The molecular formula is C19H21NO3S. The normalized spacial score (nSPS) is 24.7. The van der Waals surface area contributed by atoms with Crippen molar-refractivity contribution in [2.45, 2.75) is 36.3 Å². The Bertz CT molecular complexity index is 820. The van der Waals surface area contributed by atoms with Crippen LogP contribution in [0.15, 0.2) is 59.5 Å². The zero-order valence-corrected chi connectivity index (χ0v) is 14.3. The van der Waals surface area contributed by atoms with Gasteiger partial charge in [0.05, 0.1) is 23.6 Å². The summed E-state index contributed by atoms with van der Waals surface area (Å²) >= 11 is 0. The molecule has 0 unspecified atom stereocenters. The Hall–Kier alpha value is -1.69. The first-order valence-electron chi connectivity index (χ1n) is 8.46. The van der Waals surface area contributed by atoms with E-state index in [1.165, 1.54) is 0 Å². The summed E-state index contributed by atoms with van der Waals surface area (Å²) in [4.78, 5) is 0.392. The molecule has 2 fully saturated rings. The molecule has 1 saturated carbocycles. The highest BCUT2D eigenvalue weighted by molar-refractivity contribution is 7.89. The third-order valence-electron chi connectivity index (χ3n) is 4.99. The second kappa shape index (κ2) is 6.31. The van der Waals surface area contributed by atoms with Crippen molar-refractivity contribution in [1.82, 2.24) is 4.31 Å². The van der Waals surface area contributed by atoms with Gasteiger partial charge in [0.1, 0.15) is 0 Å².